The summed E-state index contributed by atoms with van der Waals surface area (Å²) in [4.78, 5) is 9.15. The Kier molecular flexibility index (Phi) is 3.11. The van der Waals surface area contributed by atoms with E-state index in [0.717, 1.165) is 5.04 Å². The summed E-state index contributed by atoms with van der Waals surface area (Å²) in [6.45, 7) is 1.99. The molecule has 1 rings (SSSR count). The molecule has 3 heteroatoms. The van der Waals surface area contributed by atoms with Crippen molar-refractivity contribution in [2.45, 2.75) is 11.8 Å². The highest BCUT2D eigenvalue weighted by molar-refractivity contribution is 8.13. The third-order valence-corrected chi connectivity index (χ3v) is 2.22. The highest BCUT2D eigenvalue weighted by Crippen LogP contribution is 2.17. The van der Waals surface area contributed by atoms with Crippen LogP contribution in [0.3, 0.4) is 0 Å². The van der Waals surface area contributed by atoms with Crippen LogP contribution < -0.4 is 0 Å². The van der Waals surface area contributed by atoms with Crippen molar-refractivity contribution in [3.05, 3.63) is 24.5 Å². The zero-order chi connectivity index (χ0) is 8.10. The molecule has 0 aliphatic carbocycles. The fourth-order valence-corrected chi connectivity index (χ4v) is 1.31. The van der Waals surface area contributed by atoms with Gasteiger partial charge in [-0.05, 0) is 19.1 Å². The van der Waals surface area contributed by atoms with E-state index in [9.17, 15) is 0 Å². The molecule has 1 aromatic heterocycles. The summed E-state index contributed by atoms with van der Waals surface area (Å²) in [5.74, 6) is 0. The van der Waals surface area contributed by atoms with Crippen LogP contribution in [0.15, 0.2) is 34.4 Å². The number of hydrogen-bond donors (Lipinski definition) is 0. The van der Waals surface area contributed by atoms with Gasteiger partial charge >= 0.3 is 0 Å². The summed E-state index contributed by atoms with van der Waals surface area (Å²) in [6.07, 6.45) is 3.57. The molecule has 0 bridgehead atoms. The number of rotatable bonds is 1. The maximum atomic E-state index is 4.04. The molecule has 1 aromatic rings. The molecule has 0 saturated heterocycles. The zero-order valence-electron chi connectivity index (χ0n) is 6.61. The van der Waals surface area contributed by atoms with Crippen LogP contribution in [-0.4, -0.2) is 17.1 Å². The van der Waals surface area contributed by atoms with Gasteiger partial charge in [0.1, 0.15) is 0 Å². The fourth-order valence-electron chi connectivity index (χ4n) is 0.622. The first-order chi connectivity index (χ1) is 5.33. The van der Waals surface area contributed by atoms with Gasteiger partial charge in [-0.25, -0.2) is 0 Å². The molecule has 58 valence electrons. The SMILES string of the molecule is CN=C(C)Sc1ccncc1. The van der Waals surface area contributed by atoms with E-state index in [1.165, 1.54) is 4.90 Å². The van der Waals surface area contributed by atoms with Gasteiger partial charge in [0.15, 0.2) is 0 Å². The quantitative estimate of drug-likeness (QED) is 0.363. The van der Waals surface area contributed by atoms with Crippen molar-refractivity contribution < 1.29 is 0 Å². The smallest absolute Gasteiger partial charge is 0.0689 e. The molecule has 11 heavy (non-hydrogen) atoms. The van der Waals surface area contributed by atoms with Crippen LogP contribution in [0.2, 0.25) is 0 Å². The summed E-state index contributed by atoms with van der Waals surface area (Å²) < 4.78 is 0. The minimum atomic E-state index is 1.07. The summed E-state index contributed by atoms with van der Waals surface area (Å²) in [7, 11) is 1.80. The van der Waals surface area contributed by atoms with Gasteiger partial charge in [0.2, 0.25) is 0 Å². The summed E-state index contributed by atoms with van der Waals surface area (Å²) >= 11 is 1.65. The first-order valence-electron chi connectivity index (χ1n) is 3.34. The summed E-state index contributed by atoms with van der Waals surface area (Å²) in [5, 5.41) is 1.07. The lowest BCUT2D eigenvalue weighted by Crippen LogP contribution is -1.82. The largest absolute Gasteiger partial charge is 0.286 e. The van der Waals surface area contributed by atoms with Gasteiger partial charge in [-0.2, -0.15) is 0 Å². The number of thioether (sulfide) groups is 1. The average molecular weight is 166 g/mol. The Morgan fingerprint density at radius 3 is 2.64 bits per heavy atom. The van der Waals surface area contributed by atoms with Gasteiger partial charge in [0, 0.05) is 24.3 Å². The Hall–Kier alpha value is -0.830. The minimum absolute atomic E-state index is 1.07. The number of pyridine rings is 1. The standard InChI is InChI=1S/C8H10N2S/c1-7(9-2)11-8-3-5-10-6-4-8/h3-6H,1-2H3. The highest BCUT2D eigenvalue weighted by atomic mass is 32.2. The number of aliphatic imine (C=N–C) groups is 1. The second-order valence-electron chi connectivity index (χ2n) is 2.03. The van der Waals surface area contributed by atoms with Crippen molar-refractivity contribution in [3.8, 4) is 0 Å². The highest BCUT2D eigenvalue weighted by Gasteiger charge is 1.93. The molecule has 2 nitrogen and oxygen atoms in total. The topological polar surface area (TPSA) is 25.2 Å². The lowest BCUT2D eigenvalue weighted by atomic mass is 10.5. The van der Waals surface area contributed by atoms with E-state index in [1.54, 1.807) is 31.2 Å². The Balaban J connectivity index is 2.65. The van der Waals surface area contributed by atoms with Crippen LogP contribution in [0.25, 0.3) is 0 Å². The summed E-state index contributed by atoms with van der Waals surface area (Å²) in [5.41, 5.74) is 0. The number of aromatic nitrogens is 1. The Labute approximate surface area is 70.8 Å². The lowest BCUT2D eigenvalue weighted by Gasteiger charge is -1.96. The predicted molar refractivity (Wildman–Crippen MR) is 49.1 cm³/mol. The molecule has 0 N–H and O–H groups in total. The molecular formula is C8H10N2S. The third kappa shape index (κ3) is 2.72. The molecular weight excluding hydrogens is 156 g/mol. The minimum Gasteiger partial charge on any atom is -0.286 e. The normalized spacial score (nSPS) is 11.6. The van der Waals surface area contributed by atoms with Crippen molar-refractivity contribution >= 4 is 16.8 Å². The van der Waals surface area contributed by atoms with E-state index in [0.29, 0.717) is 0 Å². The van der Waals surface area contributed by atoms with E-state index in [-0.39, 0.29) is 0 Å². The Morgan fingerprint density at radius 1 is 1.45 bits per heavy atom. The number of nitrogens with zero attached hydrogens (tertiary/aromatic N) is 2. The van der Waals surface area contributed by atoms with Crippen molar-refractivity contribution in [3.63, 3.8) is 0 Å². The van der Waals surface area contributed by atoms with Crippen LogP contribution in [-0.2, 0) is 0 Å². The fraction of sp³-hybridized carbons (Fsp3) is 0.250. The molecule has 0 atom stereocenters. The molecule has 0 amide bonds. The van der Waals surface area contributed by atoms with Gasteiger partial charge in [-0.1, -0.05) is 11.8 Å². The van der Waals surface area contributed by atoms with Gasteiger partial charge < -0.3 is 0 Å². The van der Waals surface area contributed by atoms with Gasteiger partial charge in [-0.15, -0.1) is 0 Å². The Bertz CT molecular complexity index is 244. The molecule has 0 aromatic carbocycles. The Morgan fingerprint density at radius 2 is 2.09 bits per heavy atom. The van der Waals surface area contributed by atoms with Crippen LogP contribution >= 0.6 is 11.8 Å². The number of hydrogen-bond acceptors (Lipinski definition) is 3. The molecule has 0 aliphatic rings. The van der Waals surface area contributed by atoms with Crippen LogP contribution in [0.1, 0.15) is 6.92 Å². The van der Waals surface area contributed by atoms with Crippen molar-refractivity contribution in [2.24, 2.45) is 4.99 Å². The molecule has 0 unspecified atom stereocenters. The maximum Gasteiger partial charge on any atom is 0.0689 e. The molecule has 0 fully saturated rings. The van der Waals surface area contributed by atoms with Crippen molar-refractivity contribution in [1.82, 2.24) is 4.98 Å². The average Bonchev–Trinajstić information content (AvgIpc) is 2.06. The molecule has 1 heterocycles. The van der Waals surface area contributed by atoms with Crippen molar-refractivity contribution in [2.75, 3.05) is 7.05 Å². The molecule has 0 radical (unpaired) electrons. The van der Waals surface area contributed by atoms with Crippen LogP contribution in [0.5, 0.6) is 0 Å². The van der Waals surface area contributed by atoms with Crippen LogP contribution in [0.4, 0.5) is 0 Å². The first kappa shape index (κ1) is 8.27. The van der Waals surface area contributed by atoms with Gasteiger partial charge in [-0.3, -0.25) is 9.98 Å². The van der Waals surface area contributed by atoms with E-state index in [2.05, 4.69) is 9.98 Å². The summed E-state index contributed by atoms with van der Waals surface area (Å²) in [6, 6.07) is 3.94. The second-order valence-corrected chi connectivity index (χ2v) is 3.29. The maximum absolute atomic E-state index is 4.04. The predicted octanol–water partition coefficient (Wildman–Crippen LogP) is 2.22. The lowest BCUT2D eigenvalue weighted by molar-refractivity contribution is 1.27. The molecule has 0 saturated carbocycles. The van der Waals surface area contributed by atoms with Gasteiger partial charge in [0.25, 0.3) is 0 Å². The van der Waals surface area contributed by atoms with E-state index >= 15 is 0 Å². The van der Waals surface area contributed by atoms with E-state index in [1.807, 2.05) is 19.1 Å². The molecule has 0 aliphatic heterocycles. The monoisotopic (exact) mass is 166 g/mol. The first-order valence-corrected chi connectivity index (χ1v) is 4.16. The van der Waals surface area contributed by atoms with Gasteiger partial charge in [0.05, 0.1) is 5.04 Å². The van der Waals surface area contributed by atoms with Crippen LogP contribution in [0, 0.1) is 0 Å². The van der Waals surface area contributed by atoms with E-state index < -0.39 is 0 Å². The second kappa shape index (κ2) is 4.13. The third-order valence-electron chi connectivity index (χ3n) is 1.23. The molecule has 0 spiro atoms. The van der Waals surface area contributed by atoms with E-state index in [4.69, 9.17) is 0 Å². The zero-order valence-corrected chi connectivity index (χ0v) is 7.43. The van der Waals surface area contributed by atoms with Crippen molar-refractivity contribution in [1.29, 1.82) is 0 Å².